The fraction of sp³-hybridized carbons (Fsp3) is 0.467. The fourth-order valence-electron chi connectivity index (χ4n) is 2.42. The van der Waals surface area contributed by atoms with Crippen molar-refractivity contribution in [3.05, 3.63) is 35.6 Å². The molecule has 7 heteroatoms. The minimum atomic E-state index is -0.520. The van der Waals surface area contributed by atoms with Crippen LogP contribution < -0.4 is 11.1 Å². The number of amides is 2. The van der Waals surface area contributed by atoms with Crippen LogP contribution in [0, 0.1) is 5.82 Å². The topological polar surface area (TPSA) is 78.7 Å². The molecule has 6 nitrogen and oxygen atoms in total. The summed E-state index contributed by atoms with van der Waals surface area (Å²) >= 11 is 0. The number of nitrogens with one attached hydrogen (secondary N) is 1. The highest BCUT2D eigenvalue weighted by atomic mass is 19.1. The summed E-state index contributed by atoms with van der Waals surface area (Å²) in [5.41, 5.74) is 5.39. The van der Waals surface area contributed by atoms with Crippen molar-refractivity contribution in [1.82, 2.24) is 15.1 Å². The molecule has 0 spiro atoms. The number of nitrogens with zero attached hydrogens (tertiary/aromatic N) is 2. The van der Waals surface area contributed by atoms with E-state index in [1.165, 1.54) is 12.1 Å². The Labute approximate surface area is 129 Å². The van der Waals surface area contributed by atoms with Gasteiger partial charge in [0.25, 0.3) is 5.91 Å². The summed E-state index contributed by atoms with van der Waals surface area (Å²) in [6, 6.07) is 5.91. The molecule has 0 atom stereocenters. The average molecular weight is 308 g/mol. The first-order valence-electron chi connectivity index (χ1n) is 7.34. The number of carbonyl (C=O) groups is 2. The standard InChI is InChI=1S/C15H21FN4O2/c16-13-4-2-1-3-12(13)15(22)18-5-6-19-7-9-20(10-8-19)14(21)11-17/h1-4H,5-11,17H2,(H,18,22). The van der Waals surface area contributed by atoms with Crippen molar-refractivity contribution in [2.75, 3.05) is 45.8 Å². The molecule has 1 aromatic carbocycles. The number of carbonyl (C=O) groups excluding carboxylic acids is 2. The van der Waals surface area contributed by atoms with E-state index in [-0.39, 0.29) is 18.0 Å². The summed E-state index contributed by atoms with van der Waals surface area (Å²) in [4.78, 5) is 27.2. The maximum atomic E-state index is 13.5. The Kier molecular flexibility index (Phi) is 5.85. The van der Waals surface area contributed by atoms with Crippen molar-refractivity contribution < 1.29 is 14.0 Å². The second kappa shape index (κ2) is 7.86. The number of piperazine rings is 1. The Morgan fingerprint density at radius 1 is 1.18 bits per heavy atom. The van der Waals surface area contributed by atoms with E-state index in [4.69, 9.17) is 5.73 Å². The molecule has 1 heterocycles. The lowest BCUT2D eigenvalue weighted by molar-refractivity contribution is -0.131. The van der Waals surface area contributed by atoms with Gasteiger partial charge in [-0.05, 0) is 12.1 Å². The molecule has 0 aromatic heterocycles. The zero-order valence-electron chi connectivity index (χ0n) is 12.4. The number of benzene rings is 1. The molecule has 0 aliphatic carbocycles. The molecule has 0 unspecified atom stereocenters. The predicted octanol–water partition coefficient (Wildman–Crippen LogP) is -0.342. The van der Waals surface area contributed by atoms with E-state index in [1.54, 1.807) is 17.0 Å². The number of hydrogen-bond acceptors (Lipinski definition) is 4. The molecule has 1 aliphatic heterocycles. The summed E-state index contributed by atoms with van der Waals surface area (Å²) in [6.07, 6.45) is 0. The Balaban J connectivity index is 1.71. The first-order chi connectivity index (χ1) is 10.6. The van der Waals surface area contributed by atoms with Crippen LogP contribution in [0.1, 0.15) is 10.4 Å². The SMILES string of the molecule is NCC(=O)N1CCN(CCNC(=O)c2ccccc2F)CC1. The number of rotatable bonds is 5. The van der Waals surface area contributed by atoms with Gasteiger partial charge in [-0.1, -0.05) is 12.1 Å². The highest BCUT2D eigenvalue weighted by Crippen LogP contribution is 2.06. The third-order valence-electron chi connectivity index (χ3n) is 3.73. The number of nitrogens with two attached hydrogens (primary N) is 1. The van der Waals surface area contributed by atoms with E-state index in [9.17, 15) is 14.0 Å². The minimum absolute atomic E-state index is 0.0347. The Morgan fingerprint density at radius 2 is 1.86 bits per heavy atom. The average Bonchev–Trinajstić information content (AvgIpc) is 2.55. The first kappa shape index (κ1) is 16.4. The summed E-state index contributed by atoms with van der Waals surface area (Å²) in [7, 11) is 0. The van der Waals surface area contributed by atoms with Gasteiger partial charge in [-0.15, -0.1) is 0 Å². The van der Waals surface area contributed by atoms with Gasteiger partial charge in [-0.2, -0.15) is 0 Å². The molecule has 0 saturated carbocycles. The smallest absolute Gasteiger partial charge is 0.254 e. The zero-order chi connectivity index (χ0) is 15.9. The van der Waals surface area contributed by atoms with E-state index in [1.807, 2.05) is 0 Å². The third kappa shape index (κ3) is 4.25. The van der Waals surface area contributed by atoms with Crippen LogP contribution >= 0.6 is 0 Å². The minimum Gasteiger partial charge on any atom is -0.351 e. The van der Waals surface area contributed by atoms with Crippen molar-refractivity contribution in [1.29, 1.82) is 0 Å². The molecule has 1 saturated heterocycles. The summed E-state index contributed by atoms with van der Waals surface area (Å²) < 4.78 is 13.5. The van der Waals surface area contributed by atoms with Crippen LogP contribution in [0.5, 0.6) is 0 Å². The lowest BCUT2D eigenvalue weighted by atomic mass is 10.2. The molecular weight excluding hydrogens is 287 g/mol. The van der Waals surface area contributed by atoms with Gasteiger partial charge in [0.2, 0.25) is 5.91 Å². The molecular formula is C15H21FN4O2. The maximum Gasteiger partial charge on any atom is 0.254 e. The molecule has 0 bridgehead atoms. The van der Waals surface area contributed by atoms with Crippen molar-refractivity contribution in [2.45, 2.75) is 0 Å². The van der Waals surface area contributed by atoms with Crippen molar-refractivity contribution in [3.63, 3.8) is 0 Å². The lowest BCUT2D eigenvalue weighted by Gasteiger charge is -2.34. The molecule has 1 aromatic rings. The van der Waals surface area contributed by atoms with Crippen molar-refractivity contribution in [3.8, 4) is 0 Å². The van der Waals surface area contributed by atoms with Gasteiger partial charge in [0, 0.05) is 39.3 Å². The molecule has 120 valence electrons. The van der Waals surface area contributed by atoms with E-state index in [0.29, 0.717) is 26.2 Å². The molecule has 2 rings (SSSR count). The van der Waals surface area contributed by atoms with Crippen LogP contribution in [-0.4, -0.2) is 67.4 Å². The quantitative estimate of drug-likeness (QED) is 0.780. The Morgan fingerprint density at radius 3 is 2.50 bits per heavy atom. The normalized spacial score (nSPS) is 15.6. The van der Waals surface area contributed by atoms with E-state index in [2.05, 4.69) is 10.2 Å². The molecule has 2 amide bonds. The van der Waals surface area contributed by atoms with Gasteiger partial charge < -0.3 is 16.0 Å². The van der Waals surface area contributed by atoms with Gasteiger partial charge in [0.15, 0.2) is 0 Å². The summed E-state index contributed by atoms with van der Waals surface area (Å²) in [5.74, 6) is -0.962. The Bertz CT molecular complexity index is 530. The molecule has 0 radical (unpaired) electrons. The fourth-order valence-corrected chi connectivity index (χ4v) is 2.42. The lowest BCUT2D eigenvalue weighted by Crippen LogP contribution is -2.51. The monoisotopic (exact) mass is 308 g/mol. The predicted molar refractivity (Wildman–Crippen MR) is 80.8 cm³/mol. The van der Waals surface area contributed by atoms with Gasteiger partial charge in [0.1, 0.15) is 5.82 Å². The second-order valence-corrected chi connectivity index (χ2v) is 5.16. The molecule has 3 N–H and O–H groups in total. The Hall–Kier alpha value is -1.99. The summed E-state index contributed by atoms with van der Waals surface area (Å²) in [6.45, 7) is 3.96. The van der Waals surface area contributed by atoms with Crippen LogP contribution in [0.3, 0.4) is 0 Å². The van der Waals surface area contributed by atoms with Gasteiger partial charge in [-0.25, -0.2) is 4.39 Å². The van der Waals surface area contributed by atoms with E-state index >= 15 is 0 Å². The first-order valence-corrected chi connectivity index (χ1v) is 7.34. The highest BCUT2D eigenvalue weighted by Gasteiger charge is 2.19. The maximum absolute atomic E-state index is 13.5. The third-order valence-corrected chi connectivity index (χ3v) is 3.73. The van der Waals surface area contributed by atoms with Crippen LogP contribution in [0.15, 0.2) is 24.3 Å². The number of hydrogen-bond donors (Lipinski definition) is 2. The second-order valence-electron chi connectivity index (χ2n) is 5.16. The largest absolute Gasteiger partial charge is 0.351 e. The summed E-state index contributed by atoms with van der Waals surface area (Å²) in [5, 5.41) is 2.71. The van der Waals surface area contributed by atoms with Crippen LogP contribution in [-0.2, 0) is 4.79 Å². The highest BCUT2D eigenvalue weighted by molar-refractivity contribution is 5.94. The molecule has 1 fully saturated rings. The van der Waals surface area contributed by atoms with Gasteiger partial charge >= 0.3 is 0 Å². The van der Waals surface area contributed by atoms with Crippen molar-refractivity contribution in [2.24, 2.45) is 5.73 Å². The van der Waals surface area contributed by atoms with Crippen molar-refractivity contribution >= 4 is 11.8 Å². The number of halogens is 1. The van der Waals surface area contributed by atoms with Crippen LogP contribution in [0.25, 0.3) is 0 Å². The zero-order valence-corrected chi connectivity index (χ0v) is 12.4. The van der Waals surface area contributed by atoms with Crippen LogP contribution in [0.2, 0.25) is 0 Å². The molecule has 22 heavy (non-hydrogen) atoms. The molecule has 1 aliphatic rings. The van der Waals surface area contributed by atoms with E-state index < -0.39 is 11.7 Å². The van der Waals surface area contributed by atoms with Gasteiger partial charge in [0.05, 0.1) is 12.1 Å². The van der Waals surface area contributed by atoms with Gasteiger partial charge in [-0.3, -0.25) is 14.5 Å². The van der Waals surface area contributed by atoms with Crippen LogP contribution in [0.4, 0.5) is 4.39 Å². The van der Waals surface area contributed by atoms with E-state index in [0.717, 1.165) is 13.1 Å².